The fourth-order valence-corrected chi connectivity index (χ4v) is 7.07. The monoisotopic (exact) mass is 811 g/mol. The Kier molecular flexibility index (Phi) is 12.5. The summed E-state index contributed by atoms with van der Waals surface area (Å²) in [5.41, 5.74) is 6.24. The normalized spacial score (nSPS) is 12.2. The summed E-state index contributed by atoms with van der Waals surface area (Å²) < 4.78 is 18.6. The van der Waals surface area contributed by atoms with Gasteiger partial charge in [0.25, 0.3) is 5.56 Å². The molecule has 15 heteroatoms. The lowest BCUT2D eigenvalue weighted by Gasteiger charge is -2.38. The molecule has 0 saturated heterocycles. The van der Waals surface area contributed by atoms with E-state index in [-0.39, 0.29) is 24.7 Å². The molecule has 0 spiro atoms. The number of fused-ring (bicyclic) bond motifs is 2. The summed E-state index contributed by atoms with van der Waals surface area (Å²) in [7, 11) is 9.16. The van der Waals surface area contributed by atoms with Gasteiger partial charge in [-0.1, -0.05) is 72.8 Å². The van der Waals surface area contributed by atoms with E-state index in [4.69, 9.17) is 19.2 Å². The van der Waals surface area contributed by atoms with Crippen molar-refractivity contribution in [1.29, 1.82) is 0 Å². The molecule has 15 nitrogen and oxygen atoms in total. The maximum Gasteiger partial charge on any atom is 0.414 e. The maximum absolute atomic E-state index is 14.2. The Labute approximate surface area is 348 Å². The molecule has 1 aliphatic heterocycles. The number of hydrogen-bond donors (Lipinski definition) is 2. The summed E-state index contributed by atoms with van der Waals surface area (Å²) in [6.07, 6.45) is 0.576. The zero-order valence-corrected chi connectivity index (χ0v) is 34.6. The highest BCUT2D eigenvalue weighted by atomic mass is 16.6. The van der Waals surface area contributed by atoms with E-state index in [1.54, 1.807) is 37.4 Å². The SMILES string of the molecule is COc1cc(N(C)CCN(C)C)c(NC(=O)OCc2ccccc2)cc1Nc1ncc2cc(N3CCN(C(=O)OCc4ccccc4)c4c(C)cccc43)c(=O)n(C)c2n1. The third kappa shape index (κ3) is 9.11. The summed E-state index contributed by atoms with van der Waals surface area (Å²) in [6, 6.07) is 30.1. The van der Waals surface area contributed by atoms with E-state index < -0.39 is 12.2 Å². The first-order valence-corrected chi connectivity index (χ1v) is 19.6. The van der Waals surface area contributed by atoms with Gasteiger partial charge in [-0.3, -0.25) is 19.6 Å². The molecule has 2 N–H and O–H groups in total. The molecule has 0 aliphatic carbocycles. The number of aryl methyl sites for hydroxylation is 2. The smallest absolute Gasteiger partial charge is 0.414 e. The van der Waals surface area contributed by atoms with E-state index in [1.165, 1.54) is 4.57 Å². The fourth-order valence-electron chi connectivity index (χ4n) is 7.07. The van der Waals surface area contributed by atoms with Crippen LogP contribution in [0.4, 0.5) is 49.7 Å². The number of carbonyl (C=O) groups is 2. The number of anilines is 7. The van der Waals surface area contributed by atoms with Crippen molar-refractivity contribution in [3.8, 4) is 5.75 Å². The van der Waals surface area contributed by atoms with Crippen LogP contribution in [0.3, 0.4) is 0 Å². The van der Waals surface area contributed by atoms with Gasteiger partial charge in [-0.25, -0.2) is 14.6 Å². The van der Waals surface area contributed by atoms with Crippen molar-refractivity contribution in [2.75, 3.05) is 79.8 Å². The van der Waals surface area contributed by atoms with Crippen LogP contribution < -0.4 is 35.6 Å². The van der Waals surface area contributed by atoms with Gasteiger partial charge in [0.1, 0.15) is 30.3 Å². The van der Waals surface area contributed by atoms with Crippen molar-refractivity contribution >= 4 is 63.3 Å². The van der Waals surface area contributed by atoms with Gasteiger partial charge < -0.3 is 34.2 Å². The van der Waals surface area contributed by atoms with Gasteiger partial charge in [-0.05, 0) is 55.9 Å². The first-order chi connectivity index (χ1) is 29.0. The summed E-state index contributed by atoms with van der Waals surface area (Å²) >= 11 is 0. The number of benzene rings is 4. The molecule has 0 bridgehead atoms. The molecule has 4 aromatic carbocycles. The van der Waals surface area contributed by atoms with Gasteiger partial charge in [-0.15, -0.1) is 0 Å². The predicted octanol–water partition coefficient (Wildman–Crippen LogP) is 7.43. The Morgan fingerprint density at radius 3 is 2.20 bits per heavy atom. The number of hydrogen-bond acceptors (Lipinski definition) is 12. The number of amides is 2. The summed E-state index contributed by atoms with van der Waals surface area (Å²) in [4.78, 5) is 57.8. The number of para-hydroxylation sites is 1. The number of likely N-dealkylation sites (N-methyl/N-ethyl adjacent to an activating group) is 2. The number of pyridine rings is 1. The highest BCUT2D eigenvalue weighted by Crippen LogP contribution is 2.41. The minimum Gasteiger partial charge on any atom is -0.494 e. The molecule has 0 radical (unpaired) electrons. The quantitative estimate of drug-likeness (QED) is 0.120. The predicted molar refractivity (Wildman–Crippen MR) is 235 cm³/mol. The Morgan fingerprint density at radius 2 is 1.52 bits per heavy atom. The van der Waals surface area contributed by atoms with Crippen LogP contribution in [0.15, 0.2) is 108 Å². The Hall–Kier alpha value is -7.13. The number of methoxy groups -OCH3 is 1. The molecule has 1 aliphatic rings. The van der Waals surface area contributed by atoms with E-state index in [0.29, 0.717) is 70.5 Å². The average molecular weight is 812 g/mol. The average Bonchev–Trinajstić information content (AvgIpc) is 3.26. The van der Waals surface area contributed by atoms with Gasteiger partial charge >= 0.3 is 12.2 Å². The van der Waals surface area contributed by atoms with E-state index in [0.717, 1.165) is 23.2 Å². The number of aromatic nitrogens is 3. The second-order valence-electron chi connectivity index (χ2n) is 14.8. The molecule has 60 heavy (non-hydrogen) atoms. The topological polar surface area (TPSA) is 147 Å². The fraction of sp³-hybridized carbons (Fsp3) is 0.267. The van der Waals surface area contributed by atoms with Gasteiger partial charge in [0.2, 0.25) is 5.95 Å². The number of rotatable bonds is 13. The highest BCUT2D eigenvalue weighted by molar-refractivity contribution is 5.97. The molecule has 0 unspecified atom stereocenters. The number of ether oxygens (including phenoxy) is 3. The molecule has 0 fully saturated rings. The summed E-state index contributed by atoms with van der Waals surface area (Å²) in [5.74, 6) is 0.688. The Bertz CT molecular complexity index is 2550. The Balaban J connectivity index is 1.16. The van der Waals surface area contributed by atoms with Crippen molar-refractivity contribution in [1.82, 2.24) is 19.4 Å². The molecule has 310 valence electrons. The van der Waals surface area contributed by atoms with Crippen molar-refractivity contribution in [2.24, 2.45) is 7.05 Å². The van der Waals surface area contributed by atoms with Crippen molar-refractivity contribution in [3.63, 3.8) is 0 Å². The first kappa shape index (κ1) is 41.0. The Morgan fingerprint density at radius 1 is 0.817 bits per heavy atom. The van der Waals surface area contributed by atoms with Crippen LogP contribution in [-0.2, 0) is 29.7 Å². The van der Waals surface area contributed by atoms with Gasteiger partial charge in [0.05, 0.1) is 35.5 Å². The van der Waals surface area contributed by atoms with Crippen LogP contribution in [0, 0.1) is 6.92 Å². The third-order valence-corrected chi connectivity index (χ3v) is 10.3. The molecule has 0 saturated carbocycles. The van der Waals surface area contributed by atoms with Crippen LogP contribution in [0.1, 0.15) is 16.7 Å². The molecule has 6 aromatic rings. The third-order valence-electron chi connectivity index (χ3n) is 10.3. The van der Waals surface area contributed by atoms with Crippen LogP contribution in [-0.4, -0.2) is 86.1 Å². The first-order valence-electron chi connectivity index (χ1n) is 19.6. The minimum absolute atomic E-state index is 0.108. The van der Waals surface area contributed by atoms with Crippen molar-refractivity contribution in [2.45, 2.75) is 20.1 Å². The van der Waals surface area contributed by atoms with Gasteiger partial charge in [0.15, 0.2) is 0 Å². The van der Waals surface area contributed by atoms with Crippen LogP contribution in [0.25, 0.3) is 11.0 Å². The van der Waals surface area contributed by atoms with E-state index >= 15 is 0 Å². The molecule has 2 amide bonds. The number of nitrogens with one attached hydrogen (secondary N) is 2. The van der Waals surface area contributed by atoms with E-state index in [9.17, 15) is 14.4 Å². The molecule has 3 heterocycles. The van der Waals surface area contributed by atoms with Crippen LogP contribution in [0.5, 0.6) is 5.75 Å². The maximum atomic E-state index is 14.2. The minimum atomic E-state index is -0.618. The largest absolute Gasteiger partial charge is 0.494 e. The second kappa shape index (κ2) is 18.2. The summed E-state index contributed by atoms with van der Waals surface area (Å²) in [6.45, 7) is 4.29. The number of carbonyl (C=O) groups excluding carboxylic acids is 2. The van der Waals surface area contributed by atoms with Gasteiger partial charge in [-0.2, -0.15) is 4.98 Å². The van der Waals surface area contributed by atoms with Crippen molar-refractivity contribution < 1.29 is 23.8 Å². The molecular weight excluding hydrogens is 763 g/mol. The summed E-state index contributed by atoms with van der Waals surface area (Å²) in [5, 5.41) is 6.78. The zero-order chi connectivity index (χ0) is 42.3. The lowest BCUT2D eigenvalue weighted by molar-refractivity contribution is 0.147. The molecule has 0 atom stereocenters. The molecule has 7 rings (SSSR count). The van der Waals surface area contributed by atoms with Crippen molar-refractivity contribution in [3.05, 3.63) is 130 Å². The van der Waals surface area contributed by atoms with Crippen LogP contribution >= 0.6 is 0 Å². The molecular formula is C45H49N9O6. The lowest BCUT2D eigenvalue weighted by atomic mass is 10.1. The van der Waals surface area contributed by atoms with E-state index in [2.05, 4.69) is 20.5 Å². The molecule has 2 aromatic heterocycles. The lowest BCUT2D eigenvalue weighted by Crippen LogP contribution is -2.44. The van der Waals surface area contributed by atoms with E-state index in [1.807, 2.05) is 123 Å². The van der Waals surface area contributed by atoms with Gasteiger partial charge in [0, 0.05) is 57.9 Å². The highest BCUT2D eigenvalue weighted by Gasteiger charge is 2.31. The number of nitrogens with zero attached hydrogens (tertiary/aromatic N) is 7. The second-order valence-corrected chi connectivity index (χ2v) is 14.8. The standard InChI is InChI=1S/C45H49N9O6/c1-30-14-13-19-36-40(30)54(45(57)60-29-32-17-11-8-12-18-32)23-22-53(36)38-24-33-27-46-43(49-41(33)52(5)42(38)55)47-35-25-34(48-44(56)59-28-31-15-9-7-10-16-31)37(26-39(35)58-6)51(4)21-20-50(2)3/h7-19,24-27H,20-23,28-29H2,1-6H3,(H,48,56)(H,46,47,49). The van der Waals surface area contributed by atoms with Crippen LogP contribution in [0.2, 0.25) is 0 Å². The zero-order valence-electron chi connectivity index (χ0n) is 34.6.